The number of rotatable bonds is 9. The van der Waals surface area contributed by atoms with Gasteiger partial charge in [-0.25, -0.2) is 0 Å². The van der Waals surface area contributed by atoms with Gasteiger partial charge < -0.3 is 4.79 Å². The van der Waals surface area contributed by atoms with Crippen molar-refractivity contribution in [1.82, 2.24) is 0 Å². The number of Topliss-reactive ketones (excluding diaryl/α,β-unsaturated/α-hetero) is 1. The van der Waals surface area contributed by atoms with Gasteiger partial charge in [0.1, 0.15) is 5.78 Å². The third kappa shape index (κ3) is 9.76. The Morgan fingerprint density at radius 3 is 2.29 bits per heavy atom. The lowest BCUT2D eigenvalue weighted by Gasteiger charge is -2.09. The molecule has 0 saturated heterocycles. The van der Waals surface area contributed by atoms with Gasteiger partial charge in [-0.2, -0.15) is 0 Å². The van der Waals surface area contributed by atoms with Crippen molar-refractivity contribution in [3.05, 3.63) is 0 Å². The lowest BCUT2D eigenvalue weighted by atomic mass is 9.97. The van der Waals surface area contributed by atoms with Gasteiger partial charge in [-0.1, -0.05) is 52.4 Å². The molecule has 0 bridgehead atoms. The molecule has 0 aromatic carbocycles. The molecule has 84 valence electrons. The van der Waals surface area contributed by atoms with Gasteiger partial charge in [0, 0.05) is 6.42 Å². The smallest absolute Gasteiger partial charge is 0.129 e. The minimum Gasteiger partial charge on any atom is -0.300 e. The van der Waals surface area contributed by atoms with Gasteiger partial charge in [0.2, 0.25) is 0 Å². The molecule has 0 radical (unpaired) electrons. The third-order valence-electron chi connectivity index (χ3n) is 2.78. The van der Waals surface area contributed by atoms with Crippen molar-refractivity contribution in [3.63, 3.8) is 0 Å². The highest BCUT2D eigenvalue weighted by Gasteiger charge is 2.01. The Labute approximate surface area is 89.3 Å². The fraction of sp³-hybridized carbons (Fsp3) is 0.923. The van der Waals surface area contributed by atoms with E-state index in [9.17, 15) is 4.79 Å². The average molecular weight is 198 g/mol. The Morgan fingerprint density at radius 1 is 1.07 bits per heavy atom. The summed E-state index contributed by atoms with van der Waals surface area (Å²) in [6.07, 6.45) is 9.82. The van der Waals surface area contributed by atoms with Crippen LogP contribution in [0.5, 0.6) is 0 Å². The van der Waals surface area contributed by atoms with Crippen LogP contribution in [0.25, 0.3) is 0 Å². The van der Waals surface area contributed by atoms with E-state index in [1.807, 2.05) is 0 Å². The van der Waals surface area contributed by atoms with Crippen molar-refractivity contribution in [2.24, 2.45) is 5.92 Å². The lowest BCUT2D eigenvalue weighted by Crippen LogP contribution is -1.95. The summed E-state index contributed by atoms with van der Waals surface area (Å²) in [7, 11) is 0. The van der Waals surface area contributed by atoms with Gasteiger partial charge in [-0.3, -0.25) is 0 Å². The Morgan fingerprint density at radius 2 is 1.71 bits per heavy atom. The van der Waals surface area contributed by atoms with Crippen LogP contribution in [0, 0.1) is 5.92 Å². The van der Waals surface area contributed by atoms with E-state index < -0.39 is 0 Å². The predicted molar refractivity (Wildman–Crippen MR) is 62.5 cm³/mol. The number of hydrogen-bond donors (Lipinski definition) is 0. The van der Waals surface area contributed by atoms with E-state index in [4.69, 9.17) is 0 Å². The summed E-state index contributed by atoms with van der Waals surface area (Å²) in [4.78, 5) is 10.7. The zero-order valence-electron chi connectivity index (χ0n) is 10.1. The van der Waals surface area contributed by atoms with E-state index >= 15 is 0 Å². The summed E-state index contributed by atoms with van der Waals surface area (Å²) in [5, 5.41) is 0. The van der Waals surface area contributed by atoms with Gasteiger partial charge in [0.05, 0.1) is 0 Å². The van der Waals surface area contributed by atoms with Crippen molar-refractivity contribution >= 4 is 5.78 Å². The molecule has 1 heteroatoms. The molecule has 1 atom stereocenters. The molecule has 0 heterocycles. The Balaban J connectivity index is 3.14. The minimum absolute atomic E-state index is 0.337. The predicted octanol–water partition coefficient (Wildman–Crippen LogP) is 4.35. The third-order valence-corrected chi connectivity index (χ3v) is 2.78. The molecule has 0 spiro atoms. The second-order valence-corrected chi connectivity index (χ2v) is 4.55. The molecule has 0 fully saturated rings. The maximum atomic E-state index is 10.7. The molecule has 1 unspecified atom stereocenters. The topological polar surface area (TPSA) is 17.1 Å². The summed E-state index contributed by atoms with van der Waals surface area (Å²) in [6, 6.07) is 0. The van der Waals surface area contributed by atoms with E-state index in [-0.39, 0.29) is 0 Å². The summed E-state index contributed by atoms with van der Waals surface area (Å²) >= 11 is 0. The molecule has 0 aliphatic rings. The maximum absolute atomic E-state index is 10.7. The molecule has 0 aliphatic heterocycles. The second-order valence-electron chi connectivity index (χ2n) is 4.55. The summed E-state index contributed by atoms with van der Waals surface area (Å²) < 4.78 is 0. The van der Waals surface area contributed by atoms with Crippen molar-refractivity contribution in [1.29, 1.82) is 0 Å². The molecule has 14 heavy (non-hydrogen) atoms. The molecule has 0 rings (SSSR count). The molecular weight excluding hydrogens is 172 g/mol. The van der Waals surface area contributed by atoms with Gasteiger partial charge >= 0.3 is 0 Å². The highest BCUT2D eigenvalue weighted by Crippen LogP contribution is 2.16. The first-order chi connectivity index (χ1) is 6.66. The van der Waals surface area contributed by atoms with Crippen LogP contribution in [0.4, 0.5) is 0 Å². The Kier molecular flexibility index (Phi) is 9.02. The average Bonchev–Trinajstić information content (AvgIpc) is 2.13. The van der Waals surface area contributed by atoms with Crippen LogP contribution in [-0.2, 0) is 4.79 Å². The van der Waals surface area contributed by atoms with Gasteiger partial charge in [-0.05, 0) is 19.3 Å². The summed E-state index contributed by atoms with van der Waals surface area (Å²) in [5.41, 5.74) is 0. The zero-order valence-corrected chi connectivity index (χ0v) is 10.1. The monoisotopic (exact) mass is 198 g/mol. The highest BCUT2D eigenvalue weighted by molar-refractivity contribution is 5.75. The summed E-state index contributed by atoms with van der Waals surface area (Å²) in [5.74, 6) is 1.22. The van der Waals surface area contributed by atoms with Gasteiger partial charge in [0.15, 0.2) is 0 Å². The number of carbonyl (C=O) groups excluding carboxylic acids is 1. The van der Waals surface area contributed by atoms with Gasteiger partial charge in [0.25, 0.3) is 0 Å². The number of ketones is 1. The second kappa shape index (κ2) is 9.23. The van der Waals surface area contributed by atoms with Crippen LogP contribution in [0.15, 0.2) is 0 Å². The standard InChI is InChI=1S/C13H26O/c1-4-5-9-12(2)10-7-6-8-11-13(3)14/h12H,4-11H2,1-3H3. The Bertz CT molecular complexity index is 140. The first-order valence-electron chi connectivity index (χ1n) is 6.16. The van der Waals surface area contributed by atoms with E-state index in [1.165, 1.54) is 38.5 Å². The summed E-state index contributed by atoms with van der Waals surface area (Å²) in [6.45, 7) is 6.28. The van der Waals surface area contributed by atoms with E-state index in [0.717, 1.165) is 18.8 Å². The van der Waals surface area contributed by atoms with E-state index in [1.54, 1.807) is 6.92 Å². The normalized spacial score (nSPS) is 12.8. The lowest BCUT2D eigenvalue weighted by molar-refractivity contribution is -0.117. The number of carbonyl (C=O) groups is 1. The molecule has 0 aromatic rings. The molecular formula is C13H26O. The fourth-order valence-corrected chi connectivity index (χ4v) is 1.74. The zero-order chi connectivity index (χ0) is 10.8. The van der Waals surface area contributed by atoms with Crippen LogP contribution in [0.2, 0.25) is 0 Å². The highest BCUT2D eigenvalue weighted by atomic mass is 16.1. The first-order valence-corrected chi connectivity index (χ1v) is 6.16. The molecule has 0 amide bonds. The van der Waals surface area contributed by atoms with Crippen LogP contribution in [0.3, 0.4) is 0 Å². The van der Waals surface area contributed by atoms with E-state index in [2.05, 4.69) is 13.8 Å². The van der Waals surface area contributed by atoms with Crippen LogP contribution in [-0.4, -0.2) is 5.78 Å². The first kappa shape index (κ1) is 13.7. The molecule has 1 nitrogen and oxygen atoms in total. The minimum atomic E-state index is 0.337. The van der Waals surface area contributed by atoms with Crippen LogP contribution >= 0.6 is 0 Å². The largest absolute Gasteiger partial charge is 0.300 e. The van der Waals surface area contributed by atoms with Gasteiger partial charge in [-0.15, -0.1) is 0 Å². The number of unbranched alkanes of at least 4 members (excludes halogenated alkanes) is 3. The SMILES string of the molecule is CCCCC(C)CCCCCC(C)=O. The van der Waals surface area contributed by atoms with Crippen molar-refractivity contribution in [2.75, 3.05) is 0 Å². The number of hydrogen-bond acceptors (Lipinski definition) is 1. The molecule has 0 aromatic heterocycles. The molecule has 0 aliphatic carbocycles. The van der Waals surface area contributed by atoms with Crippen molar-refractivity contribution in [3.8, 4) is 0 Å². The van der Waals surface area contributed by atoms with Crippen LogP contribution in [0.1, 0.15) is 72.1 Å². The van der Waals surface area contributed by atoms with Crippen molar-refractivity contribution in [2.45, 2.75) is 72.1 Å². The van der Waals surface area contributed by atoms with Crippen LogP contribution < -0.4 is 0 Å². The van der Waals surface area contributed by atoms with Crippen molar-refractivity contribution < 1.29 is 4.79 Å². The fourth-order valence-electron chi connectivity index (χ4n) is 1.74. The quantitative estimate of drug-likeness (QED) is 0.503. The Hall–Kier alpha value is -0.330. The van der Waals surface area contributed by atoms with E-state index in [0.29, 0.717) is 5.78 Å². The molecule has 0 saturated carbocycles. The molecule has 0 N–H and O–H groups in total. The maximum Gasteiger partial charge on any atom is 0.129 e.